The van der Waals surface area contributed by atoms with Gasteiger partial charge in [-0.1, -0.05) is 0 Å². The predicted molar refractivity (Wildman–Crippen MR) is 94.8 cm³/mol. The molecule has 0 radical (unpaired) electrons. The fourth-order valence-corrected chi connectivity index (χ4v) is 4.77. The largest absolute Gasteiger partial charge is 0.477 e. The van der Waals surface area contributed by atoms with Gasteiger partial charge < -0.3 is 14.8 Å². The molecule has 7 heteroatoms. The van der Waals surface area contributed by atoms with Crippen LogP contribution in [0.5, 0.6) is 5.88 Å². The van der Waals surface area contributed by atoms with E-state index in [2.05, 4.69) is 15.2 Å². The number of carbonyl (C=O) groups excluding carboxylic acids is 1. The van der Waals surface area contributed by atoms with Crippen LogP contribution in [-0.2, 0) is 4.74 Å². The summed E-state index contributed by atoms with van der Waals surface area (Å²) >= 11 is 1.96. The molecule has 2 saturated heterocycles. The smallest absolute Gasteiger partial charge is 0.256 e. The molecule has 0 aliphatic carbocycles. The molecule has 3 rings (SSSR count). The summed E-state index contributed by atoms with van der Waals surface area (Å²) < 4.78 is 10.9. The molecule has 2 aliphatic heterocycles. The first kappa shape index (κ1) is 17.5. The normalized spacial score (nSPS) is 24.7. The molecule has 24 heavy (non-hydrogen) atoms. The van der Waals surface area contributed by atoms with Gasteiger partial charge in [0, 0.05) is 37.1 Å². The highest BCUT2D eigenvalue weighted by Gasteiger charge is 2.41. The van der Waals surface area contributed by atoms with E-state index in [0.717, 1.165) is 44.2 Å². The Hall–Kier alpha value is -1.31. The number of nitrogens with one attached hydrogen (secondary N) is 1. The molecule has 1 unspecified atom stereocenters. The standard InChI is InChI=1S/C17H25N3O3S/c1-2-23-16-14(4-3-6-18-16)15(21)19-12-17(5-11-24-13-17)20-7-9-22-10-8-20/h3-4,6H,2,5,7-13H2,1H3,(H,19,21). The molecule has 1 aromatic rings. The van der Waals surface area contributed by atoms with Crippen molar-refractivity contribution in [3.8, 4) is 5.88 Å². The number of ether oxygens (including phenoxy) is 2. The van der Waals surface area contributed by atoms with Gasteiger partial charge in [-0.2, -0.15) is 11.8 Å². The van der Waals surface area contributed by atoms with Gasteiger partial charge in [0.25, 0.3) is 5.91 Å². The van der Waals surface area contributed by atoms with Crippen molar-refractivity contribution in [1.29, 1.82) is 0 Å². The van der Waals surface area contributed by atoms with Crippen molar-refractivity contribution in [3.63, 3.8) is 0 Å². The van der Waals surface area contributed by atoms with E-state index in [1.807, 2.05) is 18.7 Å². The van der Waals surface area contributed by atoms with Crippen molar-refractivity contribution in [2.45, 2.75) is 18.9 Å². The fraction of sp³-hybridized carbons (Fsp3) is 0.647. The summed E-state index contributed by atoms with van der Waals surface area (Å²) in [6.45, 7) is 6.46. The molecule has 0 bridgehead atoms. The molecule has 2 aliphatic rings. The van der Waals surface area contributed by atoms with Crippen LogP contribution in [0.15, 0.2) is 18.3 Å². The van der Waals surface area contributed by atoms with Crippen LogP contribution >= 0.6 is 11.8 Å². The number of amides is 1. The van der Waals surface area contributed by atoms with Gasteiger partial charge >= 0.3 is 0 Å². The Kier molecular flexibility index (Phi) is 5.97. The minimum atomic E-state index is -0.115. The number of morpholine rings is 1. The molecule has 0 spiro atoms. The number of thioether (sulfide) groups is 1. The van der Waals surface area contributed by atoms with Crippen LogP contribution < -0.4 is 10.1 Å². The van der Waals surface area contributed by atoms with Gasteiger partial charge in [0.1, 0.15) is 5.56 Å². The Morgan fingerprint density at radius 1 is 1.50 bits per heavy atom. The summed E-state index contributed by atoms with van der Waals surface area (Å²) in [4.78, 5) is 19.3. The number of aromatic nitrogens is 1. The van der Waals surface area contributed by atoms with Crippen LogP contribution in [0, 0.1) is 0 Å². The lowest BCUT2D eigenvalue weighted by Crippen LogP contribution is -2.59. The molecule has 3 heterocycles. The van der Waals surface area contributed by atoms with E-state index in [4.69, 9.17) is 9.47 Å². The molecule has 6 nitrogen and oxygen atoms in total. The Morgan fingerprint density at radius 2 is 2.33 bits per heavy atom. The average Bonchev–Trinajstić information content (AvgIpc) is 3.11. The van der Waals surface area contributed by atoms with E-state index in [-0.39, 0.29) is 11.4 Å². The number of pyridine rings is 1. The average molecular weight is 351 g/mol. The van der Waals surface area contributed by atoms with E-state index < -0.39 is 0 Å². The van der Waals surface area contributed by atoms with Crippen molar-refractivity contribution < 1.29 is 14.3 Å². The maximum Gasteiger partial charge on any atom is 0.256 e. The monoisotopic (exact) mass is 351 g/mol. The molecule has 1 amide bonds. The second-order valence-corrected chi connectivity index (χ2v) is 7.20. The third kappa shape index (κ3) is 3.84. The quantitative estimate of drug-likeness (QED) is 0.836. The zero-order chi connectivity index (χ0) is 16.8. The molecule has 0 saturated carbocycles. The van der Waals surface area contributed by atoms with Crippen LogP contribution in [0.3, 0.4) is 0 Å². The topological polar surface area (TPSA) is 63.7 Å². The number of carbonyl (C=O) groups is 1. The lowest BCUT2D eigenvalue weighted by molar-refractivity contribution is -0.0129. The van der Waals surface area contributed by atoms with E-state index in [0.29, 0.717) is 24.6 Å². The lowest BCUT2D eigenvalue weighted by atomic mass is 9.95. The Bertz CT molecular complexity index is 558. The van der Waals surface area contributed by atoms with Gasteiger partial charge in [-0.25, -0.2) is 4.98 Å². The highest BCUT2D eigenvalue weighted by Crippen LogP contribution is 2.33. The van der Waals surface area contributed by atoms with E-state index in [1.165, 1.54) is 0 Å². The molecule has 0 aromatic carbocycles. The zero-order valence-electron chi connectivity index (χ0n) is 14.1. The summed E-state index contributed by atoms with van der Waals surface area (Å²) in [6.07, 6.45) is 2.74. The summed E-state index contributed by atoms with van der Waals surface area (Å²) in [7, 11) is 0. The number of hydrogen-bond acceptors (Lipinski definition) is 6. The third-order valence-electron chi connectivity index (χ3n) is 4.64. The van der Waals surface area contributed by atoms with Gasteiger partial charge in [-0.3, -0.25) is 9.69 Å². The summed E-state index contributed by atoms with van der Waals surface area (Å²) in [6, 6.07) is 3.53. The summed E-state index contributed by atoms with van der Waals surface area (Å²) in [5.41, 5.74) is 0.542. The summed E-state index contributed by atoms with van der Waals surface area (Å²) in [5, 5.41) is 3.12. The molecule has 1 atom stereocenters. The molecule has 1 aromatic heterocycles. The number of hydrogen-bond donors (Lipinski definition) is 1. The predicted octanol–water partition coefficient (Wildman–Crippen LogP) is 1.42. The van der Waals surface area contributed by atoms with Gasteiger partial charge in [0.2, 0.25) is 5.88 Å². The van der Waals surface area contributed by atoms with Gasteiger partial charge in [0.15, 0.2) is 0 Å². The van der Waals surface area contributed by atoms with Crippen LogP contribution in [0.25, 0.3) is 0 Å². The highest BCUT2D eigenvalue weighted by atomic mass is 32.2. The molecule has 132 valence electrons. The van der Waals surface area contributed by atoms with E-state index in [9.17, 15) is 4.79 Å². The van der Waals surface area contributed by atoms with Crippen molar-refractivity contribution >= 4 is 17.7 Å². The van der Waals surface area contributed by atoms with Crippen LogP contribution in [0.1, 0.15) is 23.7 Å². The van der Waals surface area contributed by atoms with Crippen molar-refractivity contribution in [2.24, 2.45) is 0 Å². The first-order valence-corrected chi connectivity index (χ1v) is 9.67. The first-order chi connectivity index (χ1) is 11.7. The van der Waals surface area contributed by atoms with E-state index in [1.54, 1.807) is 18.3 Å². The van der Waals surface area contributed by atoms with Gasteiger partial charge in [0.05, 0.1) is 19.8 Å². The lowest BCUT2D eigenvalue weighted by Gasteiger charge is -2.43. The second-order valence-electron chi connectivity index (χ2n) is 6.10. The van der Waals surface area contributed by atoms with Crippen molar-refractivity contribution in [3.05, 3.63) is 23.9 Å². The second kappa shape index (κ2) is 8.18. The number of nitrogens with zero attached hydrogens (tertiary/aromatic N) is 2. The molecule has 2 fully saturated rings. The van der Waals surface area contributed by atoms with Crippen molar-refractivity contribution in [1.82, 2.24) is 15.2 Å². The third-order valence-corrected chi connectivity index (χ3v) is 5.87. The van der Waals surface area contributed by atoms with Crippen molar-refractivity contribution in [2.75, 3.05) is 51.0 Å². The SMILES string of the molecule is CCOc1ncccc1C(=O)NCC1(N2CCOCC2)CCSC1. The molecule has 1 N–H and O–H groups in total. The maximum absolute atomic E-state index is 12.6. The molecular formula is C17H25N3O3S. The zero-order valence-corrected chi connectivity index (χ0v) is 14.9. The molecular weight excluding hydrogens is 326 g/mol. The summed E-state index contributed by atoms with van der Waals surface area (Å²) in [5.74, 6) is 2.48. The number of rotatable bonds is 6. The van der Waals surface area contributed by atoms with Crippen LogP contribution in [0.2, 0.25) is 0 Å². The maximum atomic E-state index is 12.6. The van der Waals surface area contributed by atoms with Crippen LogP contribution in [-0.4, -0.2) is 72.3 Å². The fourth-order valence-electron chi connectivity index (χ4n) is 3.29. The Labute approximate surface area is 147 Å². The van der Waals surface area contributed by atoms with Gasteiger partial charge in [-0.05, 0) is 31.2 Å². The first-order valence-electron chi connectivity index (χ1n) is 8.52. The Morgan fingerprint density at radius 3 is 3.04 bits per heavy atom. The van der Waals surface area contributed by atoms with E-state index >= 15 is 0 Å². The highest BCUT2D eigenvalue weighted by molar-refractivity contribution is 7.99. The van der Waals surface area contributed by atoms with Crippen LogP contribution in [0.4, 0.5) is 0 Å². The van der Waals surface area contributed by atoms with Gasteiger partial charge in [-0.15, -0.1) is 0 Å². The minimum Gasteiger partial charge on any atom is -0.477 e. The minimum absolute atomic E-state index is 0.0398. The Balaban J connectivity index is 1.67.